The van der Waals surface area contributed by atoms with Crippen LogP contribution in [0.2, 0.25) is 0 Å². The lowest BCUT2D eigenvalue weighted by atomic mass is 9.43. The minimum atomic E-state index is -0.0688. The zero-order valence-corrected chi connectivity index (χ0v) is 32.0. The van der Waals surface area contributed by atoms with Gasteiger partial charge in [-0.15, -0.1) is 0 Å². The lowest BCUT2D eigenvalue weighted by Crippen LogP contribution is -2.55. The van der Waals surface area contributed by atoms with Gasteiger partial charge in [-0.2, -0.15) is 0 Å². The lowest BCUT2D eigenvalue weighted by Gasteiger charge is -2.61. The highest BCUT2D eigenvalue weighted by atomic mass is 15.2. The van der Waals surface area contributed by atoms with Gasteiger partial charge in [-0.25, -0.2) is 0 Å². The van der Waals surface area contributed by atoms with E-state index in [0.29, 0.717) is 0 Å². The molecule has 1 nitrogen and oxygen atoms in total. The van der Waals surface area contributed by atoms with E-state index in [2.05, 4.69) is 150 Å². The van der Waals surface area contributed by atoms with Crippen LogP contribution in [0.4, 0.5) is 17.1 Å². The fourth-order valence-corrected chi connectivity index (χ4v) is 13.5. The number of anilines is 3. The molecular weight excluding hydrogens is 627 g/mol. The number of benzene rings is 5. The molecule has 12 rings (SSSR count). The molecule has 1 spiro atoms. The second-order valence-electron chi connectivity index (χ2n) is 19.6. The third-order valence-corrected chi connectivity index (χ3v) is 15.7. The summed E-state index contributed by atoms with van der Waals surface area (Å²) in [5, 5.41) is 0. The van der Waals surface area contributed by atoms with Gasteiger partial charge >= 0.3 is 0 Å². The van der Waals surface area contributed by atoms with Crippen LogP contribution in [0.25, 0.3) is 22.3 Å². The summed E-state index contributed by atoms with van der Waals surface area (Å²) in [6, 6.07) is 40.9. The average Bonchev–Trinajstić information content (AvgIpc) is 3.56. The van der Waals surface area contributed by atoms with E-state index in [1.807, 2.05) is 0 Å². The maximum atomic E-state index is 2.73. The van der Waals surface area contributed by atoms with Gasteiger partial charge in [-0.1, -0.05) is 120 Å². The Hall–Kier alpha value is -4.10. The van der Waals surface area contributed by atoms with E-state index in [1.54, 1.807) is 11.1 Å². The minimum Gasteiger partial charge on any atom is -0.310 e. The van der Waals surface area contributed by atoms with E-state index in [-0.39, 0.29) is 21.7 Å². The van der Waals surface area contributed by atoms with Gasteiger partial charge in [0.1, 0.15) is 0 Å². The summed E-state index contributed by atoms with van der Waals surface area (Å²) in [6.45, 7) is 14.8. The molecule has 7 aliphatic carbocycles. The van der Waals surface area contributed by atoms with E-state index in [4.69, 9.17) is 0 Å². The Bertz CT molecular complexity index is 2290. The molecule has 4 fully saturated rings. The highest BCUT2D eigenvalue weighted by Gasteiger charge is 2.62. The quantitative estimate of drug-likeness (QED) is 0.183. The first-order valence-corrected chi connectivity index (χ1v) is 20.4. The topological polar surface area (TPSA) is 3.24 Å². The number of hydrogen-bond donors (Lipinski definition) is 0. The van der Waals surface area contributed by atoms with Crippen molar-refractivity contribution in [2.24, 2.45) is 23.7 Å². The SMILES string of the molecule is CC1(C)CCC(C)(C)c2c(N(c3ccc4c(c3)C(C)(C)c3ccccc3-4)c3cccc4c3-c3ccccc3C43C4CC5CC(C4)CC3C5)cccc21. The Morgan fingerprint density at radius 2 is 1.06 bits per heavy atom. The normalized spacial score (nSPS) is 28.6. The summed E-state index contributed by atoms with van der Waals surface area (Å²) in [7, 11) is 0. The van der Waals surface area contributed by atoms with Gasteiger partial charge in [0.25, 0.3) is 0 Å². The van der Waals surface area contributed by atoms with Crippen molar-refractivity contribution in [1.82, 2.24) is 0 Å². The van der Waals surface area contributed by atoms with Gasteiger partial charge in [-0.05, 0) is 154 Å². The molecule has 7 aliphatic rings. The molecule has 4 saturated carbocycles. The summed E-state index contributed by atoms with van der Waals surface area (Å²) < 4.78 is 0. The third-order valence-electron chi connectivity index (χ3n) is 15.7. The summed E-state index contributed by atoms with van der Waals surface area (Å²) in [4.78, 5) is 2.73. The smallest absolute Gasteiger partial charge is 0.0543 e. The van der Waals surface area contributed by atoms with Crippen LogP contribution >= 0.6 is 0 Å². The highest BCUT2D eigenvalue weighted by Crippen LogP contribution is 2.70. The van der Waals surface area contributed by atoms with Crippen LogP contribution in [-0.2, 0) is 21.7 Å². The maximum Gasteiger partial charge on any atom is 0.0543 e. The van der Waals surface area contributed by atoms with Crippen LogP contribution < -0.4 is 4.90 Å². The largest absolute Gasteiger partial charge is 0.310 e. The van der Waals surface area contributed by atoms with E-state index >= 15 is 0 Å². The van der Waals surface area contributed by atoms with Crippen molar-refractivity contribution in [3.05, 3.63) is 137 Å². The molecule has 0 heterocycles. The first-order valence-electron chi connectivity index (χ1n) is 20.4. The van der Waals surface area contributed by atoms with Crippen molar-refractivity contribution in [3.63, 3.8) is 0 Å². The summed E-state index contributed by atoms with van der Waals surface area (Å²) >= 11 is 0. The van der Waals surface area contributed by atoms with Crippen molar-refractivity contribution in [1.29, 1.82) is 0 Å². The van der Waals surface area contributed by atoms with E-state index in [1.165, 1.54) is 107 Å². The molecule has 0 aromatic heterocycles. The van der Waals surface area contributed by atoms with Crippen molar-refractivity contribution < 1.29 is 0 Å². The molecule has 52 heavy (non-hydrogen) atoms. The molecule has 0 amide bonds. The molecule has 0 radical (unpaired) electrons. The van der Waals surface area contributed by atoms with Gasteiger partial charge < -0.3 is 4.90 Å². The Labute approximate surface area is 311 Å². The lowest BCUT2D eigenvalue weighted by molar-refractivity contribution is -0.0399. The second-order valence-corrected chi connectivity index (χ2v) is 19.6. The molecular formula is C51H53N. The molecule has 262 valence electrons. The first kappa shape index (κ1) is 31.4. The Balaban J connectivity index is 1.20. The number of rotatable bonds is 3. The van der Waals surface area contributed by atoms with Crippen molar-refractivity contribution >= 4 is 17.1 Å². The van der Waals surface area contributed by atoms with Crippen molar-refractivity contribution in [2.75, 3.05) is 4.90 Å². The zero-order chi connectivity index (χ0) is 35.4. The van der Waals surface area contributed by atoms with Gasteiger partial charge in [0.05, 0.1) is 11.4 Å². The van der Waals surface area contributed by atoms with Crippen molar-refractivity contribution in [3.8, 4) is 22.3 Å². The van der Waals surface area contributed by atoms with Crippen LogP contribution in [0.3, 0.4) is 0 Å². The van der Waals surface area contributed by atoms with E-state index < -0.39 is 0 Å². The standard InChI is InChI=1S/C51H53N/c1-48(2)23-24-49(3,4)47-42(48)18-12-20-45(47)52(35-21-22-37-36-13-7-9-15-39(36)50(5,6)43(37)30-35)44-19-11-17-41-46(44)38-14-8-10-16-40(38)51(41)33-26-31-25-32(28-33)29-34(51)27-31/h7-22,30-34H,23-29H2,1-6H3. The molecule has 5 aromatic rings. The Morgan fingerprint density at radius 3 is 1.79 bits per heavy atom. The first-order chi connectivity index (χ1) is 25.0. The minimum absolute atomic E-state index is 0.0600. The molecule has 0 N–H and O–H groups in total. The monoisotopic (exact) mass is 679 g/mol. The molecule has 0 atom stereocenters. The maximum absolute atomic E-state index is 2.73. The highest BCUT2D eigenvalue weighted by molar-refractivity contribution is 5.97. The predicted molar refractivity (Wildman–Crippen MR) is 217 cm³/mol. The fourth-order valence-electron chi connectivity index (χ4n) is 13.5. The van der Waals surface area contributed by atoms with Gasteiger partial charge in [0.2, 0.25) is 0 Å². The number of nitrogens with zero attached hydrogens (tertiary/aromatic N) is 1. The summed E-state index contributed by atoms with van der Waals surface area (Å²) in [5.74, 6) is 3.37. The van der Waals surface area contributed by atoms with Crippen molar-refractivity contribution in [2.45, 2.75) is 108 Å². The molecule has 5 aromatic carbocycles. The summed E-state index contributed by atoms with van der Waals surface area (Å²) in [6.07, 6.45) is 9.51. The summed E-state index contributed by atoms with van der Waals surface area (Å²) in [5.41, 5.74) is 19.2. The molecule has 0 saturated heterocycles. The molecule has 0 aliphatic heterocycles. The molecule has 0 unspecified atom stereocenters. The predicted octanol–water partition coefficient (Wildman–Crippen LogP) is 13.5. The van der Waals surface area contributed by atoms with Crippen LogP contribution in [0, 0.1) is 23.7 Å². The Kier molecular flexibility index (Phi) is 6.23. The zero-order valence-electron chi connectivity index (χ0n) is 32.0. The number of fused-ring (bicyclic) bond motifs is 7. The van der Waals surface area contributed by atoms with E-state index in [9.17, 15) is 0 Å². The van der Waals surface area contributed by atoms with Gasteiger partial charge in [0, 0.05) is 22.1 Å². The fraction of sp³-hybridized carbons (Fsp3) is 0.412. The molecule has 4 bridgehead atoms. The molecule has 1 heteroatoms. The van der Waals surface area contributed by atoms with Gasteiger partial charge in [-0.3, -0.25) is 0 Å². The van der Waals surface area contributed by atoms with Crippen LogP contribution in [0.5, 0.6) is 0 Å². The Morgan fingerprint density at radius 1 is 0.481 bits per heavy atom. The van der Waals surface area contributed by atoms with Crippen LogP contribution in [-0.4, -0.2) is 0 Å². The van der Waals surface area contributed by atoms with E-state index in [0.717, 1.165) is 23.7 Å². The van der Waals surface area contributed by atoms with Gasteiger partial charge in [0.15, 0.2) is 0 Å². The third kappa shape index (κ3) is 3.91. The number of hydrogen-bond acceptors (Lipinski definition) is 1. The van der Waals surface area contributed by atoms with Crippen LogP contribution in [0.15, 0.2) is 103 Å². The van der Waals surface area contributed by atoms with Crippen LogP contribution in [0.1, 0.15) is 120 Å². The second kappa shape index (κ2) is 10.3. The average molecular weight is 680 g/mol.